The predicted molar refractivity (Wildman–Crippen MR) is 71.8 cm³/mol. The summed E-state index contributed by atoms with van der Waals surface area (Å²) in [6.07, 6.45) is 1.70. The molecule has 2 aliphatic heterocycles. The zero-order chi connectivity index (χ0) is 13.4. The van der Waals surface area contributed by atoms with Gasteiger partial charge in [0.25, 0.3) is 0 Å². The minimum absolute atomic E-state index is 0.112. The fraction of sp³-hybridized carbons (Fsp3) is 0.500. The van der Waals surface area contributed by atoms with Crippen molar-refractivity contribution in [2.75, 3.05) is 19.6 Å². The molecule has 0 saturated carbocycles. The van der Waals surface area contributed by atoms with Crippen LogP contribution in [0.1, 0.15) is 12.0 Å². The molecule has 0 spiro atoms. The number of nitrogens with zero attached hydrogens (tertiary/aromatic N) is 1. The number of carboxylic acids is 1. The van der Waals surface area contributed by atoms with Crippen LogP contribution in [0.2, 0.25) is 5.02 Å². The highest BCUT2D eigenvalue weighted by Gasteiger charge is 2.31. The molecule has 0 amide bonds. The van der Waals surface area contributed by atoms with Crippen molar-refractivity contribution in [2.24, 2.45) is 5.92 Å². The first kappa shape index (κ1) is 12.8. The molecule has 1 N–H and O–H groups in total. The topological polar surface area (TPSA) is 49.8 Å². The first-order chi connectivity index (χ1) is 9.11. The van der Waals surface area contributed by atoms with Crippen molar-refractivity contribution in [3.63, 3.8) is 0 Å². The maximum atomic E-state index is 10.9. The Morgan fingerprint density at radius 3 is 3.11 bits per heavy atom. The molecule has 1 fully saturated rings. The average molecular weight is 282 g/mol. The van der Waals surface area contributed by atoms with Gasteiger partial charge in [-0.15, -0.1) is 0 Å². The van der Waals surface area contributed by atoms with Crippen LogP contribution in [0, 0.1) is 5.92 Å². The average Bonchev–Trinajstić information content (AvgIpc) is 2.95. The van der Waals surface area contributed by atoms with E-state index in [0.717, 1.165) is 42.3 Å². The van der Waals surface area contributed by atoms with Crippen molar-refractivity contribution < 1.29 is 14.6 Å². The van der Waals surface area contributed by atoms with E-state index in [2.05, 4.69) is 4.90 Å². The zero-order valence-corrected chi connectivity index (χ0v) is 11.3. The van der Waals surface area contributed by atoms with Crippen LogP contribution in [-0.4, -0.2) is 41.7 Å². The fourth-order valence-electron chi connectivity index (χ4n) is 2.88. The molecule has 4 nitrogen and oxygen atoms in total. The number of benzene rings is 1. The second-order valence-corrected chi connectivity index (χ2v) is 5.72. The number of hydrogen-bond donors (Lipinski definition) is 1. The van der Waals surface area contributed by atoms with Crippen molar-refractivity contribution in [3.05, 3.63) is 28.8 Å². The Labute approximate surface area is 116 Å². The number of carbonyl (C=O) groups is 1. The smallest absolute Gasteiger partial charge is 0.307 e. The highest BCUT2D eigenvalue weighted by Crippen LogP contribution is 2.31. The van der Waals surface area contributed by atoms with Crippen molar-refractivity contribution >= 4 is 17.6 Å². The SMILES string of the molecule is O=C(O)C1CCN(CC2Cc3cc(Cl)ccc3O2)C1. The lowest BCUT2D eigenvalue weighted by molar-refractivity contribution is -0.141. The summed E-state index contributed by atoms with van der Waals surface area (Å²) in [5.74, 6) is -0.00786. The Morgan fingerprint density at radius 1 is 1.53 bits per heavy atom. The molecule has 0 radical (unpaired) electrons. The lowest BCUT2D eigenvalue weighted by Crippen LogP contribution is -2.33. The van der Waals surface area contributed by atoms with Crippen molar-refractivity contribution in [1.29, 1.82) is 0 Å². The van der Waals surface area contributed by atoms with Gasteiger partial charge < -0.3 is 9.84 Å². The molecule has 0 bridgehead atoms. The van der Waals surface area contributed by atoms with Crippen LogP contribution in [0.25, 0.3) is 0 Å². The summed E-state index contributed by atoms with van der Waals surface area (Å²) in [6, 6.07) is 5.68. The summed E-state index contributed by atoms with van der Waals surface area (Å²) in [5, 5.41) is 9.72. The van der Waals surface area contributed by atoms with Crippen LogP contribution in [0.3, 0.4) is 0 Å². The molecule has 2 unspecified atom stereocenters. The fourth-order valence-corrected chi connectivity index (χ4v) is 3.07. The number of halogens is 1. The summed E-state index contributed by atoms with van der Waals surface area (Å²) < 4.78 is 5.87. The summed E-state index contributed by atoms with van der Waals surface area (Å²) in [7, 11) is 0. The molecule has 1 aromatic carbocycles. The molecule has 0 aromatic heterocycles. The van der Waals surface area contributed by atoms with E-state index in [4.69, 9.17) is 21.4 Å². The van der Waals surface area contributed by atoms with Crippen LogP contribution in [-0.2, 0) is 11.2 Å². The Bertz CT molecular complexity index is 505. The number of rotatable bonds is 3. The van der Waals surface area contributed by atoms with Crippen molar-refractivity contribution in [3.8, 4) is 5.75 Å². The molecule has 102 valence electrons. The number of likely N-dealkylation sites (tertiary alicyclic amines) is 1. The van der Waals surface area contributed by atoms with E-state index in [1.807, 2.05) is 18.2 Å². The van der Waals surface area contributed by atoms with E-state index < -0.39 is 5.97 Å². The number of hydrogen-bond acceptors (Lipinski definition) is 3. The molecular weight excluding hydrogens is 266 g/mol. The third-order valence-corrected chi connectivity index (χ3v) is 4.08. The molecule has 19 heavy (non-hydrogen) atoms. The molecule has 1 saturated heterocycles. The van der Waals surface area contributed by atoms with Crippen molar-refractivity contribution in [1.82, 2.24) is 4.90 Å². The maximum absolute atomic E-state index is 10.9. The third-order valence-electron chi connectivity index (χ3n) is 3.85. The van der Waals surface area contributed by atoms with Crippen LogP contribution in [0.15, 0.2) is 18.2 Å². The van der Waals surface area contributed by atoms with Gasteiger partial charge in [-0.2, -0.15) is 0 Å². The Balaban J connectivity index is 1.58. The molecule has 2 atom stereocenters. The molecule has 2 aliphatic rings. The van der Waals surface area contributed by atoms with Gasteiger partial charge in [0, 0.05) is 24.5 Å². The standard InChI is InChI=1S/C14H16ClNO3/c15-11-1-2-13-10(5-11)6-12(19-13)8-16-4-3-9(7-16)14(17)18/h1-2,5,9,12H,3-4,6-8H2,(H,17,18). The first-order valence-electron chi connectivity index (χ1n) is 6.52. The van der Waals surface area contributed by atoms with Gasteiger partial charge in [-0.1, -0.05) is 11.6 Å². The monoisotopic (exact) mass is 281 g/mol. The van der Waals surface area contributed by atoms with Gasteiger partial charge in [-0.25, -0.2) is 0 Å². The van der Waals surface area contributed by atoms with Crippen molar-refractivity contribution in [2.45, 2.75) is 18.9 Å². The lowest BCUT2D eigenvalue weighted by Gasteiger charge is -2.19. The molecular formula is C14H16ClNO3. The predicted octanol–water partition coefficient (Wildman–Crippen LogP) is 2.05. The first-order valence-corrected chi connectivity index (χ1v) is 6.90. The van der Waals surface area contributed by atoms with Gasteiger partial charge in [-0.3, -0.25) is 9.69 Å². The van der Waals surface area contributed by atoms with Gasteiger partial charge in [0.2, 0.25) is 0 Å². The third kappa shape index (κ3) is 2.69. The molecule has 1 aromatic rings. The second-order valence-electron chi connectivity index (χ2n) is 5.28. The van der Waals surface area contributed by atoms with E-state index in [1.54, 1.807) is 0 Å². The number of carboxylic acid groups (broad SMARTS) is 1. The minimum atomic E-state index is -0.690. The van der Waals surface area contributed by atoms with E-state index in [0.29, 0.717) is 6.54 Å². The van der Waals surface area contributed by atoms with Crippen LogP contribution in [0.5, 0.6) is 5.75 Å². The summed E-state index contributed by atoms with van der Waals surface area (Å²) in [6.45, 7) is 2.26. The minimum Gasteiger partial charge on any atom is -0.488 e. The van der Waals surface area contributed by atoms with Crippen LogP contribution >= 0.6 is 11.6 Å². The maximum Gasteiger partial charge on any atom is 0.307 e. The van der Waals surface area contributed by atoms with E-state index >= 15 is 0 Å². The van der Waals surface area contributed by atoms with E-state index in [1.165, 1.54) is 0 Å². The Kier molecular flexibility index (Phi) is 3.37. The van der Waals surface area contributed by atoms with E-state index in [9.17, 15) is 4.79 Å². The zero-order valence-electron chi connectivity index (χ0n) is 10.5. The normalized spacial score (nSPS) is 26.2. The summed E-state index contributed by atoms with van der Waals surface area (Å²) >= 11 is 5.96. The van der Waals surface area contributed by atoms with Crippen LogP contribution < -0.4 is 4.74 Å². The van der Waals surface area contributed by atoms with Gasteiger partial charge in [0.1, 0.15) is 11.9 Å². The Hall–Kier alpha value is -1.26. The number of fused-ring (bicyclic) bond motifs is 1. The lowest BCUT2D eigenvalue weighted by atomic mass is 10.1. The molecule has 3 rings (SSSR count). The quantitative estimate of drug-likeness (QED) is 0.921. The summed E-state index contributed by atoms with van der Waals surface area (Å²) in [4.78, 5) is 13.1. The highest BCUT2D eigenvalue weighted by molar-refractivity contribution is 6.30. The van der Waals surface area contributed by atoms with Gasteiger partial charge in [0.05, 0.1) is 5.92 Å². The van der Waals surface area contributed by atoms with Gasteiger partial charge in [-0.05, 0) is 36.7 Å². The molecule has 0 aliphatic carbocycles. The Morgan fingerprint density at radius 2 is 2.37 bits per heavy atom. The van der Waals surface area contributed by atoms with Gasteiger partial charge in [0.15, 0.2) is 0 Å². The molecule has 2 heterocycles. The molecule has 5 heteroatoms. The number of aliphatic carboxylic acids is 1. The van der Waals surface area contributed by atoms with E-state index in [-0.39, 0.29) is 12.0 Å². The van der Waals surface area contributed by atoms with Crippen LogP contribution in [0.4, 0.5) is 0 Å². The number of ether oxygens (including phenoxy) is 1. The van der Waals surface area contributed by atoms with Gasteiger partial charge >= 0.3 is 5.97 Å². The largest absolute Gasteiger partial charge is 0.488 e. The second kappa shape index (κ2) is 5.02. The highest BCUT2D eigenvalue weighted by atomic mass is 35.5. The summed E-state index contributed by atoms with van der Waals surface area (Å²) in [5.41, 5.74) is 1.14.